The molecule has 0 spiro atoms. The number of hydrogen-bond acceptors (Lipinski definition) is 2. The lowest BCUT2D eigenvalue weighted by Gasteiger charge is -2.36. The summed E-state index contributed by atoms with van der Waals surface area (Å²) in [5.41, 5.74) is 4.45. The quantitative estimate of drug-likeness (QED) is 0.908. The highest BCUT2D eigenvalue weighted by atomic mass is 15.1. The molecule has 0 bridgehead atoms. The van der Waals surface area contributed by atoms with Crippen molar-refractivity contribution in [2.24, 2.45) is 5.92 Å². The number of likely N-dealkylation sites (tertiary alicyclic amines) is 1. The maximum absolute atomic E-state index is 3.71. The fourth-order valence-corrected chi connectivity index (χ4v) is 4.00. The van der Waals surface area contributed by atoms with Crippen molar-refractivity contribution in [1.29, 1.82) is 0 Å². The smallest absolute Gasteiger partial charge is 0.0239 e. The molecule has 0 aliphatic carbocycles. The average molecular weight is 272 g/mol. The largest absolute Gasteiger partial charge is 0.314 e. The standard InChI is InChI=1S/C18H28N2/c1-14-6-3-7-15(2)17(14)13-20-11-5-8-16(12-20)18-9-4-10-19-18/h3,6-7,16,18-19H,4-5,8-13H2,1-2H3. The molecule has 3 rings (SSSR count). The van der Waals surface area contributed by atoms with Crippen molar-refractivity contribution in [2.75, 3.05) is 19.6 Å². The summed E-state index contributed by atoms with van der Waals surface area (Å²) < 4.78 is 0. The predicted octanol–water partition coefficient (Wildman–Crippen LogP) is 3.27. The van der Waals surface area contributed by atoms with Crippen molar-refractivity contribution in [3.8, 4) is 0 Å². The van der Waals surface area contributed by atoms with Crippen molar-refractivity contribution < 1.29 is 0 Å². The minimum absolute atomic E-state index is 0.788. The van der Waals surface area contributed by atoms with Crippen LogP contribution in [0, 0.1) is 19.8 Å². The predicted molar refractivity (Wildman–Crippen MR) is 84.9 cm³/mol. The van der Waals surface area contributed by atoms with E-state index < -0.39 is 0 Å². The third kappa shape index (κ3) is 3.07. The Labute approximate surface area is 123 Å². The summed E-state index contributed by atoms with van der Waals surface area (Å²) in [5.74, 6) is 0.871. The molecule has 1 aromatic carbocycles. The van der Waals surface area contributed by atoms with E-state index in [-0.39, 0.29) is 0 Å². The third-order valence-electron chi connectivity index (χ3n) is 5.24. The minimum atomic E-state index is 0.788. The van der Waals surface area contributed by atoms with Crippen LogP contribution in [-0.4, -0.2) is 30.6 Å². The Morgan fingerprint density at radius 1 is 1.15 bits per heavy atom. The molecule has 2 fully saturated rings. The SMILES string of the molecule is Cc1cccc(C)c1CN1CCCC(C2CCCN2)C1. The van der Waals surface area contributed by atoms with E-state index in [1.165, 1.54) is 56.4 Å². The van der Waals surface area contributed by atoms with Crippen LogP contribution >= 0.6 is 0 Å². The molecule has 20 heavy (non-hydrogen) atoms. The summed E-state index contributed by atoms with van der Waals surface area (Å²) in [6.45, 7) is 9.44. The van der Waals surface area contributed by atoms with E-state index in [1.807, 2.05) is 0 Å². The number of nitrogens with one attached hydrogen (secondary N) is 1. The Morgan fingerprint density at radius 2 is 1.95 bits per heavy atom. The number of aryl methyl sites for hydroxylation is 2. The van der Waals surface area contributed by atoms with Gasteiger partial charge in [0, 0.05) is 19.1 Å². The van der Waals surface area contributed by atoms with Gasteiger partial charge in [0.05, 0.1) is 0 Å². The van der Waals surface area contributed by atoms with Gasteiger partial charge in [0.15, 0.2) is 0 Å². The van der Waals surface area contributed by atoms with Crippen LogP contribution in [0.5, 0.6) is 0 Å². The lowest BCUT2D eigenvalue weighted by Crippen LogP contribution is -2.43. The van der Waals surface area contributed by atoms with Gasteiger partial charge in [0.1, 0.15) is 0 Å². The zero-order valence-corrected chi connectivity index (χ0v) is 13.0. The summed E-state index contributed by atoms with van der Waals surface area (Å²) in [7, 11) is 0. The molecule has 0 aromatic heterocycles. The molecule has 0 radical (unpaired) electrons. The van der Waals surface area contributed by atoms with E-state index in [1.54, 1.807) is 5.56 Å². The lowest BCUT2D eigenvalue weighted by atomic mass is 9.89. The molecule has 2 heteroatoms. The van der Waals surface area contributed by atoms with Gasteiger partial charge < -0.3 is 5.32 Å². The Bertz CT molecular complexity index is 428. The van der Waals surface area contributed by atoms with E-state index >= 15 is 0 Å². The van der Waals surface area contributed by atoms with Crippen LogP contribution in [-0.2, 0) is 6.54 Å². The summed E-state index contributed by atoms with van der Waals surface area (Å²) >= 11 is 0. The van der Waals surface area contributed by atoms with Crippen LogP contribution in [0.25, 0.3) is 0 Å². The molecule has 2 atom stereocenters. The third-order valence-corrected chi connectivity index (χ3v) is 5.24. The summed E-state index contributed by atoms with van der Waals surface area (Å²) in [6.07, 6.45) is 5.55. The molecule has 2 unspecified atom stereocenters. The Kier molecular flexibility index (Phi) is 4.42. The van der Waals surface area contributed by atoms with E-state index in [2.05, 4.69) is 42.3 Å². The molecule has 2 nitrogen and oxygen atoms in total. The molecule has 2 aliphatic heterocycles. The van der Waals surface area contributed by atoms with Gasteiger partial charge in [-0.25, -0.2) is 0 Å². The fraction of sp³-hybridized carbons (Fsp3) is 0.667. The van der Waals surface area contributed by atoms with E-state index in [0.29, 0.717) is 0 Å². The van der Waals surface area contributed by atoms with E-state index in [9.17, 15) is 0 Å². The van der Waals surface area contributed by atoms with Gasteiger partial charge in [-0.3, -0.25) is 4.90 Å². The van der Waals surface area contributed by atoms with Gasteiger partial charge in [0.2, 0.25) is 0 Å². The van der Waals surface area contributed by atoms with E-state index in [4.69, 9.17) is 0 Å². The highest BCUT2D eigenvalue weighted by Crippen LogP contribution is 2.26. The highest BCUT2D eigenvalue weighted by molar-refractivity contribution is 5.33. The number of piperidine rings is 1. The highest BCUT2D eigenvalue weighted by Gasteiger charge is 2.29. The topological polar surface area (TPSA) is 15.3 Å². The van der Waals surface area contributed by atoms with Crippen molar-refractivity contribution in [3.63, 3.8) is 0 Å². The second kappa shape index (κ2) is 6.28. The van der Waals surface area contributed by atoms with E-state index in [0.717, 1.165) is 18.5 Å². The molecule has 2 aliphatic rings. The summed E-state index contributed by atoms with van der Waals surface area (Å²) in [5, 5.41) is 3.71. The second-order valence-electron chi connectivity index (χ2n) is 6.71. The van der Waals surface area contributed by atoms with Crippen LogP contribution < -0.4 is 5.32 Å². The monoisotopic (exact) mass is 272 g/mol. The number of benzene rings is 1. The Hall–Kier alpha value is -0.860. The normalized spacial score (nSPS) is 27.9. The Morgan fingerprint density at radius 3 is 2.65 bits per heavy atom. The summed E-state index contributed by atoms with van der Waals surface area (Å²) in [6, 6.07) is 7.47. The van der Waals surface area contributed by atoms with Crippen LogP contribution in [0.1, 0.15) is 42.4 Å². The van der Waals surface area contributed by atoms with Crippen LogP contribution in [0.15, 0.2) is 18.2 Å². The van der Waals surface area contributed by atoms with Gasteiger partial charge in [-0.15, -0.1) is 0 Å². The van der Waals surface area contributed by atoms with Crippen molar-refractivity contribution >= 4 is 0 Å². The van der Waals surface area contributed by atoms with Gasteiger partial charge in [-0.2, -0.15) is 0 Å². The van der Waals surface area contributed by atoms with Gasteiger partial charge in [-0.05, 0) is 75.2 Å². The zero-order valence-electron chi connectivity index (χ0n) is 13.0. The maximum Gasteiger partial charge on any atom is 0.0239 e. The molecule has 2 heterocycles. The number of hydrogen-bond donors (Lipinski definition) is 1. The van der Waals surface area contributed by atoms with Crippen LogP contribution in [0.2, 0.25) is 0 Å². The minimum Gasteiger partial charge on any atom is -0.314 e. The molecule has 0 amide bonds. The summed E-state index contributed by atoms with van der Waals surface area (Å²) in [4.78, 5) is 2.68. The molecule has 2 saturated heterocycles. The first kappa shape index (κ1) is 14.1. The van der Waals surface area contributed by atoms with Crippen LogP contribution in [0.4, 0.5) is 0 Å². The molecule has 1 aromatic rings. The maximum atomic E-state index is 3.71. The Balaban J connectivity index is 1.65. The van der Waals surface area contributed by atoms with Crippen molar-refractivity contribution in [1.82, 2.24) is 10.2 Å². The molecule has 1 N–H and O–H groups in total. The average Bonchev–Trinajstić information content (AvgIpc) is 2.98. The molecule has 0 saturated carbocycles. The van der Waals surface area contributed by atoms with Gasteiger partial charge >= 0.3 is 0 Å². The lowest BCUT2D eigenvalue weighted by molar-refractivity contribution is 0.145. The second-order valence-corrected chi connectivity index (χ2v) is 6.71. The van der Waals surface area contributed by atoms with Crippen molar-refractivity contribution in [2.45, 2.75) is 52.1 Å². The van der Waals surface area contributed by atoms with Crippen LogP contribution in [0.3, 0.4) is 0 Å². The number of nitrogens with zero attached hydrogens (tertiary/aromatic N) is 1. The molecular weight excluding hydrogens is 244 g/mol. The first-order chi connectivity index (χ1) is 9.74. The van der Waals surface area contributed by atoms with Gasteiger partial charge in [-0.1, -0.05) is 18.2 Å². The molecular formula is C18H28N2. The van der Waals surface area contributed by atoms with Gasteiger partial charge in [0.25, 0.3) is 0 Å². The first-order valence-corrected chi connectivity index (χ1v) is 8.25. The molecule has 110 valence electrons. The fourth-order valence-electron chi connectivity index (χ4n) is 4.00. The van der Waals surface area contributed by atoms with Crippen molar-refractivity contribution in [3.05, 3.63) is 34.9 Å². The number of rotatable bonds is 3. The zero-order chi connectivity index (χ0) is 13.9. The first-order valence-electron chi connectivity index (χ1n) is 8.25.